The third kappa shape index (κ3) is 16.3. The zero-order valence-corrected chi connectivity index (χ0v) is 31.4. The Labute approximate surface area is 319 Å². The van der Waals surface area contributed by atoms with Crippen LogP contribution in [0.3, 0.4) is 0 Å². The smallest absolute Gasteiger partial charge is 0.331 e. The second-order valence-electron chi connectivity index (χ2n) is 12.7. The molecular formula is C42H56O12. The molecule has 2 aromatic rings. The van der Waals surface area contributed by atoms with Gasteiger partial charge in [-0.3, -0.25) is 0 Å². The summed E-state index contributed by atoms with van der Waals surface area (Å²) < 4.78 is 39.5. The van der Waals surface area contributed by atoms with Crippen molar-refractivity contribution in [2.75, 3.05) is 73.2 Å². The Balaban J connectivity index is 1.05. The van der Waals surface area contributed by atoms with Gasteiger partial charge in [-0.05, 0) is 55.0 Å². The van der Waals surface area contributed by atoms with Gasteiger partial charge in [0, 0.05) is 45.0 Å². The monoisotopic (exact) mass is 752 g/mol. The van der Waals surface area contributed by atoms with Gasteiger partial charge in [-0.15, -0.1) is 6.58 Å². The molecule has 2 aromatic carbocycles. The number of esters is 1. The van der Waals surface area contributed by atoms with E-state index >= 15 is 0 Å². The number of fused-ring (bicyclic) bond motifs is 1. The number of carbonyl (C=O) groups is 1. The van der Waals surface area contributed by atoms with Crippen molar-refractivity contribution < 1.29 is 57.5 Å². The van der Waals surface area contributed by atoms with Crippen molar-refractivity contribution in [2.45, 2.75) is 62.9 Å². The van der Waals surface area contributed by atoms with Crippen molar-refractivity contribution in [3.63, 3.8) is 0 Å². The van der Waals surface area contributed by atoms with Crippen LogP contribution >= 0.6 is 0 Å². The lowest BCUT2D eigenvalue weighted by atomic mass is 10.1. The normalized spacial score (nSPS) is 19.4. The van der Waals surface area contributed by atoms with Gasteiger partial charge >= 0.3 is 5.97 Å². The Kier molecular flexibility index (Phi) is 20.7. The summed E-state index contributed by atoms with van der Waals surface area (Å²) in [6.45, 7) is 12.5. The van der Waals surface area contributed by atoms with E-state index in [9.17, 15) is 4.79 Å². The summed E-state index contributed by atoms with van der Waals surface area (Å²) in [6, 6.07) is 15.4. The fraction of sp³-hybridized carbons (Fsp3) is 0.500. The highest BCUT2D eigenvalue weighted by Gasteiger charge is 2.50. The van der Waals surface area contributed by atoms with Crippen molar-refractivity contribution in [3.8, 4) is 5.75 Å². The first kappa shape index (κ1) is 42.9. The fourth-order valence-electron chi connectivity index (χ4n) is 5.58. The van der Waals surface area contributed by atoms with Crippen LogP contribution in [0, 0.1) is 0 Å². The molecule has 0 N–H and O–H groups in total. The van der Waals surface area contributed by atoms with Crippen molar-refractivity contribution in [1.29, 1.82) is 0 Å². The maximum absolute atomic E-state index is 12.6. The van der Waals surface area contributed by atoms with Crippen LogP contribution in [0.15, 0.2) is 79.9 Å². The highest BCUT2D eigenvalue weighted by Crippen LogP contribution is 2.31. The van der Waals surface area contributed by atoms with Crippen molar-refractivity contribution in [1.82, 2.24) is 0 Å². The molecule has 2 saturated heterocycles. The zero-order valence-electron chi connectivity index (χ0n) is 31.4. The topological polar surface area (TPSA) is 119 Å². The minimum Gasteiger partial charge on any atom is -0.494 e. The van der Waals surface area contributed by atoms with E-state index in [1.165, 1.54) is 6.08 Å². The summed E-state index contributed by atoms with van der Waals surface area (Å²) >= 11 is 0. The van der Waals surface area contributed by atoms with Crippen molar-refractivity contribution in [2.24, 2.45) is 0 Å². The van der Waals surface area contributed by atoms with Crippen molar-refractivity contribution >= 4 is 23.9 Å². The summed E-state index contributed by atoms with van der Waals surface area (Å²) in [5, 5.41) is 0. The number of ether oxygens (including phenoxy) is 7. The molecule has 4 atom stereocenters. The van der Waals surface area contributed by atoms with Gasteiger partial charge in [0.05, 0.1) is 33.0 Å². The van der Waals surface area contributed by atoms with Gasteiger partial charge in [0.2, 0.25) is 0 Å². The van der Waals surface area contributed by atoms with Crippen LogP contribution in [0.25, 0.3) is 17.9 Å². The third-order valence-corrected chi connectivity index (χ3v) is 8.43. The number of hydrogen-bond donors (Lipinski definition) is 0. The quantitative estimate of drug-likeness (QED) is 0.0163. The molecule has 296 valence electrons. The average Bonchev–Trinajstić information content (AvgIpc) is 3.79. The van der Waals surface area contributed by atoms with Gasteiger partial charge in [0.15, 0.2) is 6.10 Å². The zero-order chi connectivity index (χ0) is 38.1. The predicted molar refractivity (Wildman–Crippen MR) is 204 cm³/mol. The summed E-state index contributed by atoms with van der Waals surface area (Å²) in [5.41, 5.74) is 2.72. The van der Waals surface area contributed by atoms with Gasteiger partial charge in [-0.1, -0.05) is 67.6 Å². The number of methoxy groups -OCH3 is 1. The number of benzene rings is 2. The van der Waals surface area contributed by atoms with Gasteiger partial charge in [0.1, 0.15) is 43.0 Å². The first-order chi connectivity index (χ1) is 26.6. The predicted octanol–water partition coefficient (Wildman–Crippen LogP) is 6.94. The second-order valence-corrected chi connectivity index (χ2v) is 12.7. The standard InChI is InChI=1S/C42H56O12/c1-4-23-50-51-29-8-6-5-7-27-47-37-20-15-34(16-21-37)12-9-30-52-54-39-32-49-41-38(31-48-42(39)41)53-40(43)22-17-35-13-18-36(19-14-35)33(2)46-28-11-26-45-25-10-24-44-3/h4,9,12-22,38-39,41-42H,1-2,5-8,10-11,23-32H2,3H3/t38?,39-,41-,42-/m0/s1. The van der Waals surface area contributed by atoms with Crippen LogP contribution in [0.2, 0.25) is 0 Å². The highest BCUT2D eigenvalue weighted by molar-refractivity contribution is 5.87. The van der Waals surface area contributed by atoms with E-state index < -0.39 is 30.4 Å². The van der Waals surface area contributed by atoms with Crippen LogP contribution < -0.4 is 4.74 Å². The molecule has 2 heterocycles. The van der Waals surface area contributed by atoms with E-state index in [1.54, 1.807) is 19.3 Å². The lowest BCUT2D eigenvalue weighted by Gasteiger charge is -2.16. The molecule has 12 heteroatoms. The molecule has 12 nitrogen and oxygen atoms in total. The van der Waals surface area contributed by atoms with Crippen LogP contribution in [-0.4, -0.2) is 104 Å². The number of hydrogen-bond acceptors (Lipinski definition) is 12. The maximum atomic E-state index is 12.6. The lowest BCUT2D eigenvalue weighted by Crippen LogP contribution is -2.34. The Hall–Kier alpha value is -3.85. The molecule has 0 bridgehead atoms. The molecule has 0 aliphatic carbocycles. The van der Waals surface area contributed by atoms with Gasteiger partial charge in [0.25, 0.3) is 0 Å². The van der Waals surface area contributed by atoms with E-state index in [2.05, 4.69) is 13.2 Å². The molecule has 2 fully saturated rings. The highest BCUT2D eigenvalue weighted by atomic mass is 17.2. The van der Waals surface area contributed by atoms with E-state index in [0.717, 1.165) is 61.0 Å². The summed E-state index contributed by atoms with van der Waals surface area (Å²) in [4.78, 5) is 33.6. The van der Waals surface area contributed by atoms with Gasteiger partial charge < -0.3 is 33.2 Å². The summed E-state index contributed by atoms with van der Waals surface area (Å²) in [6.07, 6.45) is 12.5. The average molecular weight is 753 g/mol. The summed E-state index contributed by atoms with van der Waals surface area (Å²) in [5.74, 6) is 0.936. The first-order valence-electron chi connectivity index (χ1n) is 18.7. The maximum Gasteiger partial charge on any atom is 0.331 e. The molecule has 4 rings (SSSR count). The molecule has 0 aromatic heterocycles. The van der Waals surface area contributed by atoms with E-state index in [1.807, 2.05) is 60.7 Å². The molecular weight excluding hydrogens is 696 g/mol. The first-order valence-corrected chi connectivity index (χ1v) is 18.7. The van der Waals surface area contributed by atoms with Crippen LogP contribution in [0.1, 0.15) is 55.2 Å². The van der Waals surface area contributed by atoms with Crippen LogP contribution in [0.4, 0.5) is 0 Å². The van der Waals surface area contributed by atoms with Crippen molar-refractivity contribution in [3.05, 3.63) is 96.6 Å². The minimum absolute atomic E-state index is 0.215. The Morgan fingerprint density at radius 2 is 1.43 bits per heavy atom. The minimum atomic E-state index is -0.542. The summed E-state index contributed by atoms with van der Waals surface area (Å²) in [7, 11) is 1.68. The van der Waals surface area contributed by atoms with Gasteiger partial charge in [-0.2, -0.15) is 0 Å². The van der Waals surface area contributed by atoms with Gasteiger partial charge in [-0.25, -0.2) is 24.3 Å². The molecule has 0 spiro atoms. The molecule has 0 radical (unpaired) electrons. The molecule has 54 heavy (non-hydrogen) atoms. The van der Waals surface area contributed by atoms with Crippen LogP contribution in [-0.2, 0) is 52.8 Å². The molecule has 2 aliphatic heterocycles. The molecule has 2 aliphatic rings. The number of unbranched alkanes of at least 4 members (excludes halogenated alkanes) is 3. The van der Waals surface area contributed by atoms with E-state index in [0.29, 0.717) is 52.0 Å². The second kappa shape index (κ2) is 26.0. The van der Waals surface area contributed by atoms with E-state index in [-0.39, 0.29) is 19.8 Å². The molecule has 1 unspecified atom stereocenters. The number of carbonyl (C=O) groups excluding carboxylic acids is 1. The number of rotatable bonds is 29. The largest absolute Gasteiger partial charge is 0.494 e. The lowest BCUT2D eigenvalue weighted by molar-refractivity contribution is -0.326. The fourth-order valence-corrected chi connectivity index (χ4v) is 5.58. The molecule has 0 amide bonds. The van der Waals surface area contributed by atoms with Crippen LogP contribution in [0.5, 0.6) is 5.75 Å². The Morgan fingerprint density at radius 3 is 2.19 bits per heavy atom. The SMILES string of the molecule is C=CCOOCCCCCCOc1ccc(C=CCOO[C@H]2CO[C@H]3C(OC(=O)C=Cc4ccc(C(=C)OCCCOCCCOC)cc4)CO[C@@H]23)cc1. The third-order valence-electron chi connectivity index (χ3n) is 8.43. The molecule has 0 saturated carbocycles. The van der Waals surface area contributed by atoms with E-state index in [4.69, 9.17) is 52.7 Å². The Bertz CT molecular complexity index is 1410. The Morgan fingerprint density at radius 1 is 0.741 bits per heavy atom.